The maximum Gasteiger partial charge on any atom is 0.321 e. The van der Waals surface area contributed by atoms with Crippen molar-refractivity contribution in [2.24, 2.45) is 0 Å². The van der Waals surface area contributed by atoms with E-state index in [-0.39, 0.29) is 12.1 Å². The highest BCUT2D eigenvalue weighted by Crippen LogP contribution is 2.21. The van der Waals surface area contributed by atoms with E-state index in [2.05, 4.69) is 20.8 Å². The number of nitrogens with one attached hydrogen (secondary N) is 2. The van der Waals surface area contributed by atoms with Gasteiger partial charge in [0.25, 0.3) is 0 Å². The maximum absolute atomic E-state index is 12.3. The third-order valence-corrected chi connectivity index (χ3v) is 3.32. The summed E-state index contributed by atoms with van der Waals surface area (Å²) in [6.07, 6.45) is 3.40. The number of aromatic nitrogens is 2. The molecule has 3 rings (SSSR count). The molecule has 0 saturated heterocycles. The van der Waals surface area contributed by atoms with Crippen LogP contribution >= 0.6 is 0 Å². The SMILES string of the molecule is Cc1cc(NC(=O)NC(c2ccccc2)c2ccncc2)no1. The summed E-state index contributed by atoms with van der Waals surface area (Å²) in [6.45, 7) is 1.76. The average Bonchev–Trinajstić information content (AvgIpc) is 2.99. The Hall–Kier alpha value is -3.15. The van der Waals surface area contributed by atoms with Crippen molar-refractivity contribution in [1.82, 2.24) is 15.5 Å². The average molecular weight is 308 g/mol. The number of pyridine rings is 1. The smallest absolute Gasteiger partial charge is 0.321 e. The summed E-state index contributed by atoms with van der Waals surface area (Å²) in [5.74, 6) is 1.01. The van der Waals surface area contributed by atoms with Gasteiger partial charge in [-0.25, -0.2) is 4.79 Å². The van der Waals surface area contributed by atoms with Gasteiger partial charge in [0.2, 0.25) is 0 Å². The number of hydrogen-bond donors (Lipinski definition) is 2. The molecule has 2 heterocycles. The minimum atomic E-state index is -0.357. The second-order valence-corrected chi connectivity index (χ2v) is 5.05. The summed E-state index contributed by atoms with van der Waals surface area (Å²) in [5, 5.41) is 9.36. The molecular weight excluding hydrogens is 292 g/mol. The molecule has 1 unspecified atom stereocenters. The first-order valence-electron chi connectivity index (χ1n) is 7.18. The summed E-state index contributed by atoms with van der Waals surface area (Å²) in [7, 11) is 0. The number of urea groups is 1. The molecule has 0 aliphatic heterocycles. The predicted molar refractivity (Wildman–Crippen MR) is 85.9 cm³/mol. The summed E-state index contributed by atoms with van der Waals surface area (Å²) in [6, 6.07) is 14.5. The van der Waals surface area contributed by atoms with Crippen LogP contribution < -0.4 is 10.6 Å². The van der Waals surface area contributed by atoms with E-state index in [0.29, 0.717) is 11.6 Å². The minimum absolute atomic E-state index is 0.285. The molecule has 2 N–H and O–H groups in total. The van der Waals surface area contributed by atoms with E-state index in [1.54, 1.807) is 25.4 Å². The molecule has 6 nitrogen and oxygen atoms in total. The second kappa shape index (κ2) is 6.74. The van der Waals surface area contributed by atoms with Crippen molar-refractivity contribution in [1.29, 1.82) is 0 Å². The van der Waals surface area contributed by atoms with Crippen molar-refractivity contribution in [3.63, 3.8) is 0 Å². The molecule has 0 fully saturated rings. The molecule has 0 aliphatic rings. The van der Waals surface area contributed by atoms with Crippen LogP contribution in [0.1, 0.15) is 22.9 Å². The van der Waals surface area contributed by atoms with E-state index in [0.717, 1.165) is 11.1 Å². The molecule has 1 aromatic carbocycles. The number of amides is 2. The van der Waals surface area contributed by atoms with Gasteiger partial charge in [0, 0.05) is 18.5 Å². The van der Waals surface area contributed by atoms with Gasteiger partial charge >= 0.3 is 6.03 Å². The van der Waals surface area contributed by atoms with Crippen LogP contribution in [0, 0.1) is 6.92 Å². The molecule has 2 amide bonds. The summed E-state index contributed by atoms with van der Waals surface area (Å²) in [5.41, 5.74) is 1.92. The Morgan fingerprint density at radius 3 is 2.43 bits per heavy atom. The van der Waals surface area contributed by atoms with Gasteiger partial charge in [-0.15, -0.1) is 0 Å². The van der Waals surface area contributed by atoms with Gasteiger partial charge in [0.15, 0.2) is 5.82 Å². The van der Waals surface area contributed by atoms with Crippen LogP contribution in [0.15, 0.2) is 65.4 Å². The molecule has 23 heavy (non-hydrogen) atoms. The van der Waals surface area contributed by atoms with Crippen LogP contribution in [0.5, 0.6) is 0 Å². The number of rotatable bonds is 4. The quantitative estimate of drug-likeness (QED) is 0.775. The number of hydrogen-bond acceptors (Lipinski definition) is 4. The Morgan fingerprint density at radius 2 is 1.78 bits per heavy atom. The lowest BCUT2D eigenvalue weighted by atomic mass is 10.00. The van der Waals surface area contributed by atoms with Crippen LogP contribution in [-0.2, 0) is 0 Å². The molecule has 0 aliphatic carbocycles. The largest absolute Gasteiger partial charge is 0.360 e. The number of carbonyl (C=O) groups excluding carboxylic acids is 1. The Bertz CT molecular complexity index is 732. The first-order valence-corrected chi connectivity index (χ1v) is 7.18. The number of nitrogens with zero attached hydrogens (tertiary/aromatic N) is 2. The molecule has 0 saturated carbocycles. The fourth-order valence-corrected chi connectivity index (χ4v) is 2.27. The Labute approximate surface area is 133 Å². The standard InChI is InChI=1S/C17H16N4O2/c1-12-11-15(21-23-12)19-17(22)20-16(13-5-3-2-4-6-13)14-7-9-18-10-8-14/h2-11,16H,1H3,(H2,19,20,21,22). The normalized spacial score (nSPS) is 11.7. The number of anilines is 1. The van der Waals surface area contributed by atoms with Gasteiger partial charge in [-0.05, 0) is 30.2 Å². The van der Waals surface area contributed by atoms with Crippen LogP contribution in [0.3, 0.4) is 0 Å². The van der Waals surface area contributed by atoms with Gasteiger partial charge in [-0.1, -0.05) is 35.5 Å². The lowest BCUT2D eigenvalue weighted by Crippen LogP contribution is -2.33. The molecule has 2 aromatic heterocycles. The molecule has 1 atom stereocenters. The fourth-order valence-electron chi connectivity index (χ4n) is 2.27. The topological polar surface area (TPSA) is 80.0 Å². The van der Waals surface area contributed by atoms with Crippen molar-refractivity contribution < 1.29 is 9.32 Å². The zero-order valence-electron chi connectivity index (χ0n) is 12.6. The van der Waals surface area contributed by atoms with Crippen molar-refractivity contribution in [2.75, 3.05) is 5.32 Å². The third-order valence-electron chi connectivity index (χ3n) is 3.32. The molecule has 6 heteroatoms. The highest BCUT2D eigenvalue weighted by atomic mass is 16.5. The van der Waals surface area contributed by atoms with E-state index < -0.39 is 0 Å². The molecule has 116 valence electrons. The zero-order valence-corrected chi connectivity index (χ0v) is 12.6. The molecule has 0 bridgehead atoms. The van der Waals surface area contributed by atoms with E-state index in [4.69, 9.17) is 4.52 Å². The van der Waals surface area contributed by atoms with Crippen LogP contribution in [0.4, 0.5) is 10.6 Å². The second-order valence-electron chi connectivity index (χ2n) is 5.05. The van der Waals surface area contributed by atoms with E-state index >= 15 is 0 Å². The third kappa shape index (κ3) is 3.74. The van der Waals surface area contributed by atoms with E-state index in [1.807, 2.05) is 42.5 Å². The molecule has 0 radical (unpaired) electrons. The summed E-state index contributed by atoms with van der Waals surface area (Å²) >= 11 is 0. The number of aryl methyl sites for hydroxylation is 1. The van der Waals surface area contributed by atoms with Crippen LogP contribution in [0.2, 0.25) is 0 Å². The monoisotopic (exact) mass is 308 g/mol. The van der Waals surface area contributed by atoms with Crippen molar-refractivity contribution in [3.05, 3.63) is 77.8 Å². The van der Waals surface area contributed by atoms with Crippen LogP contribution in [-0.4, -0.2) is 16.2 Å². The lowest BCUT2D eigenvalue weighted by Gasteiger charge is -2.19. The highest BCUT2D eigenvalue weighted by Gasteiger charge is 2.17. The Balaban J connectivity index is 1.80. The first-order chi connectivity index (χ1) is 11.2. The van der Waals surface area contributed by atoms with Gasteiger partial charge in [-0.3, -0.25) is 10.3 Å². The Kier molecular flexibility index (Phi) is 4.33. The van der Waals surface area contributed by atoms with Crippen LogP contribution in [0.25, 0.3) is 0 Å². The van der Waals surface area contributed by atoms with Gasteiger partial charge in [0.1, 0.15) is 5.76 Å². The van der Waals surface area contributed by atoms with Gasteiger partial charge in [-0.2, -0.15) is 0 Å². The number of carbonyl (C=O) groups is 1. The lowest BCUT2D eigenvalue weighted by molar-refractivity contribution is 0.250. The minimum Gasteiger partial charge on any atom is -0.360 e. The van der Waals surface area contributed by atoms with Gasteiger partial charge in [0.05, 0.1) is 6.04 Å². The predicted octanol–water partition coefficient (Wildman–Crippen LogP) is 3.29. The molecular formula is C17H16N4O2. The Morgan fingerprint density at radius 1 is 1.09 bits per heavy atom. The number of benzene rings is 1. The summed E-state index contributed by atoms with van der Waals surface area (Å²) < 4.78 is 4.94. The molecule has 0 spiro atoms. The van der Waals surface area contributed by atoms with Crippen molar-refractivity contribution in [3.8, 4) is 0 Å². The maximum atomic E-state index is 12.3. The highest BCUT2D eigenvalue weighted by molar-refractivity contribution is 5.88. The zero-order chi connectivity index (χ0) is 16.1. The van der Waals surface area contributed by atoms with Gasteiger partial charge < -0.3 is 9.84 Å². The first kappa shape index (κ1) is 14.8. The molecule has 3 aromatic rings. The van der Waals surface area contributed by atoms with E-state index in [1.165, 1.54) is 0 Å². The fraction of sp³-hybridized carbons (Fsp3) is 0.118. The summed E-state index contributed by atoms with van der Waals surface area (Å²) in [4.78, 5) is 16.3. The van der Waals surface area contributed by atoms with Crippen molar-refractivity contribution in [2.45, 2.75) is 13.0 Å². The van der Waals surface area contributed by atoms with E-state index in [9.17, 15) is 4.79 Å². The van der Waals surface area contributed by atoms with Crippen molar-refractivity contribution >= 4 is 11.8 Å².